The zero-order valence-corrected chi connectivity index (χ0v) is 15.7. The Morgan fingerprint density at radius 2 is 2.12 bits per heavy atom. The molecule has 0 aliphatic heterocycles. The van der Waals surface area contributed by atoms with E-state index in [9.17, 15) is 15.0 Å². The number of aryl methyl sites for hydroxylation is 2. The maximum absolute atomic E-state index is 12.9. The van der Waals surface area contributed by atoms with Gasteiger partial charge >= 0.3 is 0 Å². The molecule has 1 aliphatic rings. The zero-order valence-electron chi connectivity index (χ0n) is 14.9. The Labute approximate surface area is 155 Å². The van der Waals surface area contributed by atoms with E-state index in [0.717, 1.165) is 24.1 Å². The van der Waals surface area contributed by atoms with Gasteiger partial charge < -0.3 is 10.2 Å². The van der Waals surface area contributed by atoms with E-state index in [1.165, 1.54) is 22.2 Å². The van der Waals surface area contributed by atoms with Crippen LogP contribution in [0.15, 0.2) is 35.4 Å². The van der Waals surface area contributed by atoms with Crippen LogP contribution in [0.2, 0.25) is 0 Å². The van der Waals surface area contributed by atoms with Crippen molar-refractivity contribution in [2.45, 2.75) is 45.1 Å². The summed E-state index contributed by atoms with van der Waals surface area (Å²) < 4.78 is 2.13. The second kappa shape index (κ2) is 6.21. The van der Waals surface area contributed by atoms with Gasteiger partial charge in [-0.2, -0.15) is 0 Å². The lowest BCUT2D eigenvalue weighted by Gasteiger charge is -2.22. The zero-order chi connectivity index (χ0) is 18.5. The predicted molar refractivity (Wildman–Crippen MR) is 103 cm³/mol. The Morgan fingerprint density at radius 1 is 1.35 bits per heavy atom. The molecule has 4 rings (SSSR count). The molecule has 26 heavy (non-hydrogen) atoms. The number of phenols is 1. The molecule has 5 nitrogen and oxygen atoms in total. The topological polar surface area (TPSA) is 75.3 Å². The lowest BCUT2D eigenvalue weighted by Crippen LogP contribution is -2.27. The number of thiophene rings is 1. The van der Waals surface area contributed by atoms with E-state index in [1.54, 1.807) is 25.1 Å². The summed E-state index contributed by atoms with van der Waals surface area (Å²) in [6.45, 7) is 3.71. The molecule has 2 heterocycles. The summed E-state index contributed by atoms with van der Waals surface area (Å²) in [5, 5.41) is 20.2. The van der Waals surface area contributed by atoms with Crippen molar-refractivity contribution in [3.8, 4) is 11.4 Å². The van der Waals surface area contributed by atoms with E-state index in [4.69, 9.17) is 0 Å². The quantitative estimate of drug-likeness (QED) is 0.720. The highest BCUT2D eigenvalue weighted by atomic mass is 32.1. The number of hydrogen-bond donors (Lipinski definition) is 2. The first-order valence-corrected chi connectivity index (χ1v) is 9.69. The Kier molecular flexibility index (Phi) is 4.12. The molecule has 6 heteroatoms. The van der Waals surface area contributed by atoms with Gasteiger partial charge in [0.1, 0.15) is 16.8 Å². The molecule has 0 radical (unpaired) electrons. The van der Waals surface area contributed by atoms with Gasteiger partial charge in [0.15, 0.2) is 0 Å². The van der Waals surface area contributed by atoms with Crippen LogP contribution in [0, 0.1) is 12.8 Å². The van der Waals surface area contributed by atoms with Gasteiger partial charge in [0.25, 0.3) is 5.56 Å². The molecule has 1 saturated carbocycles. The van der Waals surface area contributed by atoms with E-state index in [2.05, 4.69) is 4.98 Å². The largest absolute Gasteiger partial charge is 0.508 e. The minimum absolute atomic E-state index is 0.106. The van der Waals surface area contributed by atoms with Crippen molar-refractivity contribution in [3.63, 3.8) is 0 Å². The smallest absolute Gasteiger partial charge is 0.275 e. The van der Waals surface area contributed by atoms with Crippen LogP contribution in [0.5, 0.6) is 5.75 Å². The molecule has 2 N–H and O–H groups in total. The molecule has 3 aromatic rings. The molecule has 1 atom stereocenters. The van der Waals surface area contributed by atoms with Crippen LogP contribution in [-0.2, 0) is 6.42 Å². The number of benzene rings is 1. The molecule has 0 bridgehead atoms. The maximum atomic E-state index is 12.9. The highest BCUT2D eigenvalue weighted by molar-refractivity contribution is 7.18. The average molecular weight is 370 g/mol. The van der Waals surface area contributed by atoms with Crippen LogP contribution in [0.4, 0.5) is 0 Å². The SMILES string of the molecule is Cc1cc(-n2cnc3cc(CCC(C)(O)C4CC4)sc3c2=O)ccc1O. The van der Waals surface area contributed by atoms with Crippen molar-refractivity contribution < 1.29 is 10.2 Å². The van der Waals surface area contributed by atoms with Crippen molar-refractivity contribution in [1.29, 1.82) is 0 Å². The molecule has 136 valence electrons. The molecule has 0 saturated heterocycles. The number of aromatic hydroxyl groups is 1. The summed E-state index contributed by atoms with van der Waals surface area (Å²) >= 11 is 1.46. The Balaban J connectivity index is 1.65. The fraction of sp³-hybridized carbons (Fsp3) is 0.400. The summed E-state index contributed by atoms with van der Waals surface area (Å²) in [7, 11) is 0. The van der Waals surface area contributed by atoms with Crippen LogP contribution in [0.25, 0.3) is 15.9 Å². The van der Waals surface area contributed by atoms with Crippen LogP contribution < -0.4 is 5.56 Å². The van der Waals surface area contributed by atoms with E-state index in [-0.39, 0.29) is 11.3 Å². The van der Waals surface area contributed by atoms with Crippen molar-refractivity contribution in [2.24, 2.45) is 5.92 Å². The second-order valence-corrected chi connectivity index (χ2v) is 8.59. The van der Waals surface area contributed by atoms with Gasteiger partial charge in [0, 0.05) is 4.88 Å². The minimum atomic E-state index is -0.618. The van der Waals surface area contributed by atoms with Gasteiger partial charge in [0.2, 0.25) is 0 Å². The first-order chi connectivity index (χ1) is 12.3. The Morgan fingerprint density at radius 3 is 2.81 bits per heavy atom. The van der Waals surface area contributed by atoms with Crippen LogP contribution in [-0.4, -0.2) is 25.4 Å². The molecule has 2 aromatic heterocycles. The number of fused-ring (bicyclic) bond motifs is 1. The van der Waals surface area contributed by atoms with E-state index >= 15 is 0 Å². The molecule has 1 aromatic carbocycles. The highest BCUT2D eigenvalue weighted by Crippen LogP contribution is 2.42. The third-order valence-corrected chi connectivity index (χ3v) is 6.45. The standard InChI is InChI=1S/C20H22N2O3S/c1-12-9-14(5-6-17(12)23)22-11-21-16-10-15(26-18(16)19(22)24)7-8-20(2,25)13-3-4-13/h5-6,9-11,13,23,25H,3-4,7-8H2,1-2H3. The van der Waals surface area contributed by atoms with Gasteiger partial charge in [-0.25, -0.2) is 4.98 Å². The van der Waals surface area contributed by atoms with Gasteiger partial charge in [-0.1, -0.05) is 0 Å². The van der Waals surface area contributed by atoms with Crippen molar-refractivity contribution in [2.75, 3.05) is 0 Å². The van der Waals surface area contributed by atoms with Gasteiger partial charge in [0.05, 0.1) is 16.8 Å². The lowest BCUT2D eigenvalue weighted by molar-refractivity contribution is 0.0286. The molecular formula is C20H22N2O3S. The molecular weight excluding hydrogens is 348 g/mol. The first kappa shape index (κ1) is 17.2. The number of phenolic OH excluding ortho intramolecular Hbond substituents is 1. The third kappa shape index (κ3) is 3.15. The second-order valence-electron chi connectivity index (χ2n) is 7.45. The summed E-state index contributed by atoms with van der Waals surface area (Å²) in [6.07, 6.45) is 5.21. The van der Waals surface area contributed by atoms with Crippen LogP contribution in [0.3, 0.4) is 0 Å². The predicted octanol–water partition coefficient (Wildman–Crippen LogP) is 3.55. The van der Waals surface area contributed by atoms with Gasteiger partial charge in [-0.3, -0.25) is 9.36 Å². The summed E-state index contributed by atoms with van der Waals surface area (Å²) in [5.41, 5.74) is 1.38. The average Bonchev–Trinajstić information content (AvgIpc) is 3.37. The molecule has 1 fully saturated rings. The fourth-order valence-electron chi connectivity index (χ4n) is 3.34. The van der Waals surface area contributed by atoms with Gasteiger partial charge in [-0.15, -0.1) is 11.3 Å². The summed E-state index contributed by atoms with van der Waals surface area (Å²) in [4.78, 5) is 18.4. The number of hydrogen-bond acceptors (Lipinski definition) is 5. The fourth-order valence-corrected chi connectivity index (χ4v) is 4.38. The van der Waals surface area contributed by atoms with E-state index < -0.39 is 5.60 Å². The lowest BCUT2D eigenvalue weighted by atomic mass is 9.94. The summed E-state index contributed by atoms with van der Waals surface area (Å²) in [6, 6.07) is 7.02. The molecule has 1 aliphatic carbocycles. The highest BCUT2D eigenvalue weighted by Gasteiger charge is 2.39. The third-order valence-electron chi connectivity index (χ3n) is 5.28. The monoisotopic (exact) mass is 370 g/mol. The van der Waals surface area contributed by atoms with Crippen molar-refractivity contribution in [1.82, 2.24) is 9.55 Å². The molecule has 1 unspecified atom stereocenters. The molecule has 0 spiro atoms. The van der Waals surface area contributed by atoms with Crippen LogP contribution >= 0.6 is 11.3 Å². The minimum Gasteiger partial charge on any atom is -0.508 e. The van der Waals surface area contributed by atoms with Crippen LogP contribution in [0.1, 0.15) is 36.6 Å². The van der Waals surface area contributed by atoms with Crippen molar-refractivity contribution >= 4 is 21.6 Å². The number of rotatable bonds is 5. The number of aromatic nitrogens is 2. The summed E-state index contributed by atoms with van der Waals surface area (Å²) in [5.74, 6) is 0.627. The number of aliphatic hydroxyl groups is 1. The van der Waals surface area contributed by atoms with E-state index in [1.807, 2.05) is 13.0 Å². The normalized spacial score (nSPS) is 16.7. The number of nitrogens with zero attached hydrogens (tertiary/aromatic N) is 2. The van der Waals surface area contributed by atoms with Gasteiger partial charge in [-0.05, 0) is 75.3 Å². The van der Waals surface area contributed by atoms with Crippen molar-refractivity contribution in [3.05, 3.63) is 51.4 Å². The Bertz CT molecular complexity index is 1030. The Hall–Kier alpha value is -2.18. The first-order valence-electron chi connectivity index (χ1n) is 8.87. The molecule has 0 amide bonds. The maximum Gasteiger partial charge on any atom is 0.275 e. The van der Waals surface area contributed by atoms with E-state index in [0.29, 0.717) is 33.8 Å².